The van der Waals surface area contributed by atoms with E-state index in [2.05, 4.69) is 5.32 Å². The molecule has 180 valence electrons. The van der Waals surface area contributed by atoms with Gasteiger partial charge in [0.1, 0.15) is 17.8 Å². The Balaban J connectivity index is 1.86. The van der Waals surface area contributed by atoms with Crippen molar-refractivity contribution in [1.82, 2.24) is 10.2 Å². The Hall–Kier alpha value is -3.62. The Kier molecular flexibility index (Phi) is 6.20. The summed E-state index contributed by atoms with van der Waals surface area (Å²) < 4.78 is 5.24. The van der Waals surface area contributed by atoms with Gasteiger partial charge in [-0.15, -0.1) is 0 Å². The maximum atomic E-state index is 13.9. The van der Waals surface area contributed by atoms with Crippen LogP contribution < -0.4 is 15.0 Å². The Bertz CT molecular complexity index is 1110. The van der Waals surface area contributed by atoms with Crippen molar-refractivity contribution in [2.75, 3.05) is 18.6 Å². The lowest BCUT2D eigenvalue weighted by molar-refractivity contribution is -0.384. The van der Waals surface area contributed by atoms with Crippen LogP contribution >= 0.6 is 0 Å². The molecule has 2 heterocycles. The number of nitro groups is 1. The molecule has 1 saturated heterocycles. The summed E-state index contributed by atoms with van der Waals surface area (Å²) in [4.78, 5) is 42.2. The van der Waals surface area contributed by atoms with Crippen LogP contribution in [0.2, 0.25) is 0 Å². The standard InChI is InChI=1S/C25H30N4O5/c1-25(2,3)26-23(30)22-19-14-17(29(32)33)9-12-20(19)27-13-5-6-21(27)24(31)28(22)15-16-7-10-18(34-4)11-8-16/h7-12,14,21-22H,5-6,13,15H2,1-4H3,(H,26,30)/t21-,22-/m1/s1. The molecular weight excluding hydrogens is 436 g/mol. The topological polar surface area (TPSA) is 105 Å². The summed E-state index contributed by atoms with van der Waals surface area (Å²) in [6.07, 6.45) is 1.50. The zero-order valence-corrected chi connectivity index (χ0v) is 19.9. The molecule has 9 nitrogen and oxygen atoms in total. The minimum Gasteiger partial charge on any atom is -0.497 e. The molecule has 34 heavy (non-hydrogen) atoms. The van der Waals surface area contributed by atoms with Crippen LogP contribution in [0.3, 0.4) is 0 Å². The molecule has 1 N–H and O–H groups in total. The molecule has 0 radical (unpaired) electrons. The SMILES string of the molecule is COc1ccc(CN2C(=O)[C@H]3CCCN3c3ccc([N+](=O)[O-])cc3[C@@H]2C(=O)NC(C)(C)C)cc1. The number of hydrogen-bond donors (Lipinski definition) is 1. The van der Waals surface area contributed by atoms with Gasteiger partial charge in [0.15, 0.2) is 0 Å². The first kappa shape index (κ1) is 23.5. The summed E-state index contributed by atoms with van der Waals surface area (Å²) in [5.74, 6) is 0.175. The Morgan fingerprint density at radius 2 is 1.91 bits per heavy atom. The van der Waals surface area contributed by atoms with Crippen molar-refractivity contribution in [3.8, 4) is 5.75 Å². The van der Waals surface area contributed by atoms with Crippen molar-refractivity contribution < 1.29 is 19.2 Å². The van der Waals surface area contributed by atoms with Crippen LogP contribution in [0.1, 0.15) is 50.8 Å². The zero-order chi connectivity index (χ0) is 24.6. The first-order valence-corrected chi connectivity index (χ1v) is 11.4. The molecule has 0 bridgehead atoms. The highest BCUT2D eigenvalue weighted by Crippen LogP contribution is 2.42. The van der Waals surface area contributed by atoms with Gasteiger partial charge in [-0.2, -0.15) is 0 Å². The van der Waals surface area contributed by atoms with E-state index in [9.17, 15) is 19.7 Å². The summed E-state index contributed by atoms with van der Waals surface area (Å²) in [5, 5.41) is 14.6. The predicted octanol–water partition coefficient (Wildman–Crippen LogP) is 3.57. The highest BCUT2D eigenvalue weighted by molar-refractivity contribution is 5.96. The fourth-order valence-electron chi connectivity index (χ4n) is 4.75. The molecule has 0 saturated carbocycles. The van der Waals surface area contributed by atoms with Gasteiger partial charge in [0, 0.05) is 42.0 Å². The molecule has 2 atom stereocenters. The number of methoxy groups -OCH3 is 1. The van der Waals surface area contributed by atoms with Gasteiger partial charge in [-0.1, -0.05) is 12.1 Å². The second-order valence-electron chi connectivity index (χ2n) is 9.81. The van der Waals surface area contributed by atoms with E-state index in [0.717, 1.165) is 12.0 Å². The van der Waals surface area contributed by atoms with E-state index in [1.165, 1.54) is 12.1 Å². The average molecular weight is 467 g/mol. The van der Waals surface area contributed by atoms with E-state index < -0.39 is 22.5 Å². The lowest BCUT2D eigenvalue weighted by atomic mass is 9.98. The van der Waals surface area contributed by atoms with Gasteiger partial charge >= 0.3 is 0 Å². The van der Waals surface area contributed by atoms with Crippen LogP contribution in [0.4, 0.5) is 11.4 Å². The first-order valence-electron chi connectivity index (χ1n) is 11.4. The molecule has 0 spiro atoms. The van der Waals surface area contributed by atoms with E-state index in [1.807, 2.05) is 49.9 Å². The van der Waals surface area contributed by atoms with E-state index in [-0.39, 0.29) is 24.0 Å². The number of carbonyl (C=O) groups excluding carboxylic acids is 2. The normalized spacial score (nSPS) is 19.8. The maximum absolute atomic E-state index is 13.9. The number of nitro benzene ring substituents is 1. The average Bonchev–Trinajstić information content (AvgIpc) is 3.24. The number of fused-ring (bicyclic) bond motifs is 3. The number of hydrogen-bond acceptors (Lipinski definition) is 6. The number of nitrogens with one attached hydrogen (secondary N) is 1. The molecule has 1 fully saturated rings. The van der Waals surface area contributed by atoms with Crippen LogP contribution in [0, 0.1) is 10.1 Å². The molecule has 0 unspecified atom stereocenters. The van der Waals surface area contributed by atoms with Crippen molar-refractivity contribution in [2.45, 2.75) is 57.8 Å². The van der Waals surface area contributed by atoms with E-state index >= 15 is 0 Å². The number of ether oxygens (including phenoxy) is 1. The molecule has 2 aromatic carbocycles. The van der Waals surface area contributed by atoms with Gasteiger partial charge < -0.3 is 19.9 Å². The molecule has 0 aliphatic carbocycles. The Morgan fingerprint density at radius 3 is 2.53 bits per heavy atom. The third-order valence-electron chi connectivity index (χ3n) is 6.22. The van der Waals surface area contributed by atoms with Crippen LogP contribution in [0.15, 0.2) is 42.5 Å². The summed E-state index contributed by atoms with van der Waals surface area (Å²) >= 11 is 0. The summed E-state index contributed by atoms with van der Waals surface area (Å²) in [7, 11) is 1.58. The fourth-order valence-corrected chi connectivity index (χ4v) is 4.75. The van der Waals surface area contributed by atoms with Crippen LogP contribution in [-0.4, -0.2) is 46.9 Å². The molecular formula is C25H30N4O5. The van der Waals surface area contributed by atoms with Crippen LogP contribution in [0.25, 0.3) is 0 Å². The largest absolute Gasteiger partial charge is 0.497 e. The molecule has 2 amide bonds. The van der Waals surface area contributed by atoms with Crippen molar-refractivity contribution in [3.05, 3.63) is 63.7 Å². The van der Waals surface area contributed by atoms with Crippen LogP contribution in [0.5, 0.6) is 5.75 Å². The monoisotopic (exact) mass is 466 g/mol. The zero-order valence-electron chi connectivity index (χ0n) is 19.9. The van der Waals surface area contributed by atoms with Crippen molar-refractivity contribution in [3.63, 3.8) is 0 Å². The number of amides is 2. The van der Waals surface area contributed by atoms with Gasteiger partial charge in [-0.05, 0) is 57.4 Å². The molecule has 2 aliphatic rings. The fraction of sp³-hybridized carbons (Fsp3) is 0.440. The van der Waals surface area contributed by atoms with Crippen LogP contribution in [-0.2, 0) is 16.1 Å². The maximum Gasteiger partial charge on any atom is 0.269 e. The first-order chi connectivity index (χ1) is 16.1. The van der Waals surface area contributed by atoms with Crippen molar-refractivity contribution in [2.24, 2.45) is 0 Å². The quantitative estimate of drug-likeness (QED) is 0.534. The summed E-state index contributed by atoms with van der Waals surface area (Å²) in [5.41, 5.74) is 1.35. The van der Waals surface area contributed by atoms with Gasteiger partial charge in [0.25, 0.3) is 5.69 Å². The van der Waals surface area contributed by atoms with E-state index in [0.29, 0.717) is 30.0 Å². The van der Waals surface area contributed by atoms with Crippen molar-refractivity contribution >= 4 is 23.2 Å². The number of non-ortho nitro benzene ring substituents is 1. The lowest BCUT2D eigenvalue weighted by Crippen LogP contribution is -2.50. The van der Waals surface area contributed by atoms with Crippen molar-refractivity contribution in [1.29, 1.82) is 0 Å². The number of nitrogens with zero attached hydrogens (tertiary/aromatic N) is 3. The lowest BCUT2D eigenvalue weighted by Gasteiger charge is -2.33. The smallest absolute Gasteiger partial charge is 0.269 e. The summed E-state index contributed by atoms with van der Waals surface area (Å²) in [6, 6.07) is 10.5. The molecule has 2 aromatic rings. The Morgan fingerprint density at radius 1 is 1.21 bits per heavy atom. The summed E-state index contributed by atoms with van der Waals surface area (Å²) in [6.45, 7) is 6.44. The number of rotatable bonds is 5. The second kappa shape index (κ2) is 8.96. The number of carbonyl (C=O) groups is 2. The third kappa shape index (κ3) is 4.55. The van der Waals surface area contributed by atoms with Gasteiger partial charge in [-0.25, -0.2) is 0 Å². The van der Waals surface area contributed by atoms with E-state index in [4.69, 9.17) is 4.74 Å². The highest BCUT2D eigenvalue weighted by atomic mass is 16.6. The van der Waals surface area contributed by atoms with Gasteiger partial charge in [0.2, 0.25) is 11.8 Å². The van der Waals surface area contributed by atoms with Gasteiger partial charge in [0.05, 0.1) is 12.0 Å². The molecule has 9 heteroatoms. The highest BCUT2D eigenvalue weighted by Gasteiger charge is 2.45. The molecule has 2 aliphatic heterocycles. The Labute approximate surface area is 198 Å². The number of benzene rings is 2. The minimum atomic E-state index is -1.01. The second-order valence-corrected chi connectivity index (χ2v) is 9.81. The predicted molar refractivity (Wildman–Crippen MR) is 128 cm³/mol. The number of anilines is 1. The minimum absolute atomic E-state index is 0.109. The van der Waals surface area contributed by atoms with E-state index in [1.54, 1.807) is 18.1 Å². The molecule has 0 aromatic heterocycles. The molecule has 4 rings (SSSR count). The van der Waals surface area contributed by atoms with Gasteiger partial charge in [-0.3, -0.25) is 19.7 Å². The third-order valence-corrected chi connectivity index (χ3v) is 6.22.